The van der Waals surface area contributed by atoms with Crippen LogP contribution in [0.3, 0.4) is 0 Å². The molecule has 5 heteroatoms. The van der Waals surface area contributed by atoms with E-state index in [1.54, 1.807) is 17.6 Å². The molecule has 2 aromatic heterocycles. The van der Waals surface area contributed by atoms with E-state index in [0.717, 1.165) is 27.9 Å². The smallest absolute Gasteiger partial charge is 0.162 e. The third-order valence-electron chi connectivity index (χ3n) is 2.81. The lowest BCUT2D eigenvalue weighted by Crippen LogP contribution is -1.96. The van der Waals surface area contributed by atoms with Crippen LogP contribution >= 0.6 is 11.3 Å². The number of hydrogen-bond donors (Lipinski definition) is 1. The largest absolute Gasteiger partial charge is 0.487 e. The summed E-state index contributed by atoms with van der Waals surface area (Å²) in [5.74, 6) is 1.62. The van der Waals surface area contributed by atoms with Gasteiger partial charge < -0.3 is 14.5 Å². The Balaban J connectivity index is 1.63. The average molecular weight is 286 g/mol. The summed E-state index contributed by atoms with van der Waals surface area (Å²) in [4.78, 5) is 4.49. The Morgan fingerprint density at radius 3 is 2.80 bits per heavy atom. The van der Waals surface area contributed by atoms with Crippen molar-refractivity contribution in [3.05, 3.63) is 53.7 Å². The van der Waals surface area contributed by atoms with Gasteiger partial charge in [-0.3, -0.25) is 0 Å². The number of furan rings is 1. The number of aromatic nitrogens is 1. The van der Waals surface area contributed by atoms with Crippen molar-refractivity contribution in [3.63, 3.8) is 0 Å². The van der Waals surface area contributed by atoms with Gasteiger partial charge in [-0.05, 0) is 36.4 Å². The quantitative estimate of drug-likeness (QED) is 0.769. The number of ether oxygens (including phenoxy) is 1. The Bertz CT molecular complexity index is 660. The van der Waals surface area contributed by atoms with Gasteiger partial charge in [-0.15, -0.1) is 11.3 Å². The second kappa shape index (κ2) is 5.79. The predicted molar refractivity (Wildman–Crippen MR) is 80.1 cm³/mol. The van der Waals surface area contributed by atoms with Crippen LogP contribution in [0, 0.1) is 0 Å². The predicted octanol–water partition coefficient (Wildman–Crippen LogP) is 4.02. The van der Waals surface area contributed by atoms with Crippen molar-refractivity contribution in [2.75, 3.05) is 12.4 Å². The fraction of sp³-hybridized carbons (Fsp3) is 0.133. The minimum Gasteiger partial charge on any atom is -0.487 e. The van der Waals surface area contributed by atoms with Crippen molar-refractivity contribution in [2.24, 2.45) is 0 Å². The highest BCUT2D eigenvalue weighted by atomic mass is 32.1. The molecule has 3 aromatic rings. The average Bonchev–Trinajstić information content (AvgIpc) is 3.16. The maximum atomic E-state index is 5.71. The van der Waals surface area contributed by atoms with Crippen LogP contribution in [0.15, 0.2) is 52.5 Å². The standard InChI is InChI=1S/C15H14N2O2S/c1-16-11-4-6-13(7-5-11)19-9-12-10-20-15(17-12)14-3-2-8-18-14/h2-8,10,16H,9H2,1H3. The zero-order valence-electron chi connectivity index (χ0n) is 11.0. The van der Waals surface area contributed by atoms with Crippen molar-refractivity contribution in [2.45, 2.75) is 6.61 Å². The van der Waals surface area contributed by atoms with Crippen LogP contribution in [0.2, 0.25) is 0 Å². The van der Waals surface area contributed by atoms with E-state index in [1.165, 1.54) is 0 Å². The zero-order chi connectivity index (χ0) is 13.8. The van der Waals surface area contributed by atoms with E-state index >= 15 is 0 Å². The molecule has 0 aliphatic heterocycles. The molecule has 4 nitrogen and oxygen atoms in total. The van der Waals surface area contributed by atoms with E-state index in [-0.39, 0.29) is 0 Å². The van der Waals surface area contributed by atoms with Crippen LogP contribution < -0.4 is 10.1 Å². The number of nitrogens with zero attached hydrogens (tertiary/aromatic N) is 1. The number of thiazole rings is 1. The van der Waals surface area contributed by atoms with Crippen LogP contribution in [-0.2, 0) is 6.61 Å². The fourth-order valence-electron chi connectivity index (χ4n) is 1.76. The Morgan fingerprint density at radius 2 is 2.10 bits per heavy atom. The first-order valence-corrected chi connectivity index (χ1v) is 7.12. The summed E-state index contributed by atoms with van der Waals surface area (Å²) in [6, 6.07) is 11.6. The molecular formula is C15H14N2O2S. The van der Waals surface area contributed by atoms with Gasteiger partial charge in [0.15, 0.2) is 10.8 Å². The van der Waals surface area contributed by atoms with E-state index in [1.807, 2.05) is 48.8 Å². The van der Waals surface area contributed by atoms with Crippen LogP contribution in [0.4, 0.5) is 5.69 Å². The van der Waals surface area contributed by atoms with Crippen LogP contribution in [0.25, 0.3) is 10.8 Å². The third-order valence-corrected chi connectivity index (χ3v) is 3.72. The number of nitrogens with one attached hydrogen (secondary N) is 1. The monoisotopic (exact) mass is 286 g/mol. The van der Waals surface area contributed by atoms with Gasteiger partial charge in [-0.1, -0.05) is 0 Å². The minimum atomic E-state index is 0.454. The van der Waals surface area contributed by atoms with E-state index in [0.29, 0.717) is 6.61 Å². The summed E-state index contributed by atoms with van der Waals surface area (Å²) in [6.07, 6.45) is 1.65. The van der Waals surface area contributed by atoms with E-state index in [2.05, 4.69) is 10.3 Å². The fourth-order valence-corrected chi connectivity index (χ4v) is 2.53. The van der Waals surface area contributed by atoms with Crippen molar-refractivity contribution in [1.29, 1.82) is 0 Å². The lowest BCUT2D eigenvalue weighted by Gasteiger charge is -2.05. The molecule has 2 heterocycles. The molecule has 0 saturated heterocycles. The van der Waals surface area contributed by atoms with Gasteiger partial charge in [0.05, 0.1) is 12.0 Å². The van der Waals surface area contributed by atoms with Crippen molar-refractivity contribution in [1.82, 2.24) is 4.98 Å². The minimum absolute atomic E-state index is 0.454. The molecule has 1 N–H and O–H groups in total. The first-order valence-electron chi connectivity index (χ1n) is 6.24. The van der Waals surface area contributed by atoms with Gasteiger partial charge in [0, 0.05) is 18.1 Å². The van der Waals surface area contributed by atoms with E-state index in [9.17, 15) is 0 Å². The van der Waals surface area contributed by atoms with E-state index < -0.39 is 0 Å². The molecule has 0 aliphatic rings. The highest BCUT2D eigenvalue weighted by molar-refractivity contribution is 7.13. The Kier molecular flexibility index (Phi) is 3.69. The summed E-state index contributed by atoms with van der Waals surface area (Å²) in [5, 5.41) is 5.93. The number of rotatable bonds is 5. The number of benzene rings is 1. The molecule has 0 atom stereocenters. The van der Waals surface area contributed by atoms with Crippen LogP contribution in [-0.4, -0.2) is 12.0 Å². The van der Waals surface area contributed by atoms with Gasteiger partial charge in [-0.25, -0.2) is 4.98 Å². The maximum Gasteiger partial charge on any atom is 0.162 e. The second-order valence-electron chi connectivity index (χ2n) is 4.18. The molecule has 3 rings (SSSR count). The van der Waals surface area contributed by atoms with Gasteiger partial charge >= 0.3 is 0 Å². The molecule has 0 amide bonds. The second-order valence-corrected chi connectivity index (χ2v) is 5.04. The molecule has 0 aliphatic carbocycles. The van der Waals surface area contributed by atoms with Crippen molar-refractivity contribution in [3.8, 4) is 16.5 Å². The topological polar surface area (TPSA) is 47.3 Å². The molecule has 0 spiro atoms. The normalized spacial score (nSPS) is 10.4. The van der Waals surface area contributed by atoms with Gasteiger partial charge in [0.25, 0.3) is 0 Å². The summed E-state index contributed by atoms with van der Waals surface area (Å²) in [5.41, 5.74) is 1.96. The number of hydrogen-bond acceptors (Lipinski definition) is 5. The Morgan fingerprint density at radius 1 is 1.25 bits per heavy atom. The van der Waals surface area contributed by atoms with Crippen molar-refractivity contribution < 1.29 is 9.15 Å². The highest BCUT2D eigenvalue weighted by Gasteiger charge is 2.07. The lowest BCUT2D eigenvalue weighted by atomic mass is 10.3. The molecule has 20 heavy (non-hydrogen) atoms. The van der Waals surface area contributed by atoms with E-state index in [4.69, 9.17) is 9.15 Å². The maximum absolute atomic E-state index is 5.71. The zero-order valence-corrected chi connectivity index (χ0v) is 11.8. The van der Waals surface area contributed by atoms with Gasteiger partial charge in [0.2, 0.25) is 0 Å². The Hall–Kier alpha value is -2.27. The molecule has 0 fully saturated rings. The van der Waals surface area contributed by atoms with Gasteiger partial charge in [0.1, 0.15) is 12.4 Å². The highest BCUT2D eigenvalue weighted by Crippen LogP contribution is 2.24. The molecule has 0 radical (unpaired) electrons. The summed E-state index contributed by atoms with van der Waals surface area (Å²) in [7, 11) is 1.89. The molecule has 102 valence electrons. The Labute approximate surface area is 121 Å². The molecule has 0 unspecified atom stereocenters. The SMILES string of the molecule is CNc1ccc(OCc2csc(-c3ccco3)n2)cc1. The molecule has 0 bridgehead atoms. The van der Waals surface area contributed by atoms with Crippen molar-refractivity contribution >= 4 is 17.0 Å². The van der Waals surface area contributed by atoms with Crippen LogP contribution in [0.5, 0.6) is 5.75 Å². The summed E-state index contributed by atoms with van der Waals surface area (Å²) in [6.45, 7) is 0.454. The first kappa shape index (κ1) is 12.7. The van der Waals surface area contributed by atoms with Gasteiger partial charge in [-0.2, -0.15) is 0 Å². The van der Waals surface area contributed by atoms with Crippen LogP contribution in [0.1, 0.15) is 5.69 Å². The summed E-state index contributed by atoms with van der Waals surface area (Å²) < 4.78 is 11.0. The first-order chi connectivity index (χ1) is 9.85. The molecule has 0 saturated carbocycles. The summed E-state index contributed by atoms with van der Waals surface area (Å²) >= 11 is 1.55. The molecule has 1 aromatic carbocycles. The lowest BCUT2D eigenvalue weighted by molar-refractivity contribution is 0.302. The number of anilines is 1. The molecular weight excluding hydrogens is 272 g/mol. The third kappa shape index (κ3) is 2.83.